The van der Waals surface area contributed by atoms with Crippen LogP contribution in [-0.4, -0.2) is 0 Å². The number of rotatable bonds is 3. The molecule has 1 atom stereocenters. The maximum absolute atomic E-state index is 14.1. The Balaban J connectivity index is 2.49. The molecule has 2 nitrogen and oxygen atoms in total. The van der Waals surface area contributed by atoms with Crippen molar-refractivity contribution in [3.8, 4) is 0 Å². The second-order valence-electron chi connectivity index (χ2n) is 4.61. The summed E-state index contributed by atoms with van der Waals surface area (Å²) < 4.78 is 19.4. The van der Waals surface area contributed by atoms with Crippen LogP contribution in [0, 0.1) is 19.7 Å². The Labute approximate surface area is 107 Å². The van der Waals surface area contributed by atoms with Crippen LogP contribution in [0.3, 0.4) is 0 Å². The fourth-order valence-corrected chi connectivity index (χ4v) is 2.39. The van der Waals surface area contributed by atoms with Gasteiger partial charge in [0, 0.05) is 17.5 Å². The zero-order valence-electron chi connectivity index (χ0n) is 11.0. The van der Waals surface area contributed by atoms with Crippen molar-refractivity contribution in [2.45, 2.75) is 33.2 Å². The minimum Gasteiger partial charge on any atom is -0.469 e. The molecule has 1 unspecified atom stereocenters. The maximum Gasteiger partial charge on any atom is 0.128 e. The fraction of sp³-hybridized carbons (Fsp3) is 0.333. The number of nitrogens with two attached hydrogens (primary N) is 1. The zero-order valence-corrected chi connectivity index (χ0v) is 11.0. The summed E-state index contributed by atoms with van der Waals surface area (Å²) in [4.78, 5) is 0. The van der Waals surface area contributed by atoms with Crippen LogP contribution in [-0.2, 0) is 6.42 Å². The van der Waals surface area contributed by atoms with Gasteiger partial charge in [-0.3, -0.25) is 0 Å². The summed E-state index contributed by atoms with van der Waals surface area (Å²) in [5, 5.41) is 0. The monoisotopic (exact) mass is 247 g/mol. The van der Waals surface area contributed by atoms with Crippen molar-refractivity contribution < 1.29 is 8.81 Å². The smallest absolute Gasteiger partial charge is 0.128 e. The highest BCUT2D eigenvalue weighted by molar-refractivity contribution is 5.40. The highest BCUT2D eigenvalue weighted by Gasteiger charge is 2.20. The standard InChI is InChI=1S/C15H18FNO/c1-4-13-11(5-6-18-13)15(17)14-10(3)7-9(2)8-12(14)16/h5-8,15H,4,17H2,1-3H3. The van der Waals surface area contributed by atoms with Gasteiger partial charge in [0.15, 0.2) is 0 Å². The lowest BCUT2D eigenvalue weighted by molar-refractivity contribution is 0.507. The summed E-state index contributed by atoms with van der Waals surface area (Å²) in [6, 6.07) is 4.82. The molecule has 2 aromatic rings. The number of aryl methyl sites for hydroxylation is 3. The van der Waals surface area contributed by atoms with Crippen molar-refractivity contribution in [2.75, 3.05) is 0 Å². The quantitative estimate of drug-likeness (QED) is 0.899. The Bertz CT molecular complexity index is 536. The number of hydrogen-bond acceptors (Lipinski definition) is 2. The molecular weight excluding hydrogens is 229 g/mol. The number of hydrogen-bond donors (Lipinski definition) is 1. The van der Waals surface area contributed by atoms with E-state index in [1.807, 2.05) is 32.9 Å². The summed E-state index contributed by atoms with van der Waals surface area (Å²) in [6.45, 7) is 5.76. The van der Waals surface area contributed by atoms with Gasteiger partial charge in [-0.05, 0) is 37.1 Å². The molecule has 96 valence electrons. The largest absolute Gasteiger partial charge is 0.469 e. The molecule has 0 bridgehead atoms. The van der Waals surface area contributed by atoms with E-state index in [2.05, 4.69) is 0 Å². The van der Waals surface area contributed by atoms with Gasteiger partial charge < -0.3 is 10.2 Å². The van der Waals surface area contributed by atoms with Gasteiger partial charge in [0.05, 0.1) is 12.3 Å². The molecular formula is C15H18FNO. The van der Waals surface area contributed by atoms with Gasteiger partial charge in [0.2, 0.25) is 0 Å². The van der Waals surface area contributed by atoms with Crippen molar-refractivity contribution >= 4 is 0 Å². The van der Waals surface area contributed by atoms with Gasteiger partial charge >= 0.3 is 0 Å². The summed E-state index contributed by atoms with van der Waals surface area (Å²) >= 11 is 0. The maximum atomic E-state index is 14.1. The van der Waals surface area contributed by atoms with Gasteiger partial charge in [-0.15, -0.1) is 0 Å². The van der Waals surface area contributed by atoms with E-state index in [0.717, 1.165) is 28.9 Å². The second-order valence-corrected chi connectivity index (χ2v) is 4.61. The molecule has 0 fully saturated rings. The van der Waals surface area contributed by atoms with E-state index < -0.39 is 6.04 Å². The normalized spacial score (nSPS) is 12.7. The SMILES string of the molecule is CCc1occc1C(N)c1c(C)cc(C)cc1F. The first-order valence-electron chi connectivity index (χ1n) is 6.13. The Morgan fingerprint density at radius 3 is 2.67 bits per heavy atom. The zero-order chi connectivity index (χ0) is 13.3. The number of furan rings is 1. The van der Waals surface area contributed by atoms with Gasteiger partial charge in [0.1, 0.15) is 11.6 Å². The number of benzene rings is 1. The molecule has 1 heterocycles. The van der Waals surface area contributed by atoms with Crippen LogP contribution in [0.5, 0.6) is 0 Å². The van der Waals surface area contributed by atoms with Crippen molar-refractivity contribution in [1.29, 1.82) is 0 Å². The fourth-order valence-electron chi connectivity index (χ4n) is 2.39. The molecule has 0 aliphatic heterocycles. The third-order valence-electron chi connectivity index (χ3n) is 3.23. The molecule has 0 aliphatic rings. The average molecular weight is 247 g/mol. The topological polar surface area (TPSA) is 39.2 Å². The minimum absolute atomic E-state index is 0.247. The first-order chi connectivity index (χ1) is 8.54. The van der Waals surface area contributed by atoms with Crippen molar-refractivity contribution in [3.05, 3.63) is 58.3 Å². The summed E-state index contributed by atoms with van der Waals surface area (Å²) in [5.74, 6) is 0.574. The van der Waals surface area contributed by atoms with E-state index >= 15 is 0 Å². The summed E-state index contributed by atoms with van der Waals surface area (Å²) in [6.07, 6.45) is 2.36. The first-order valence-corrected chi connectivity index (χ1v) is 6.13. The van der Waals surface area contributed by atoms with Crippen LogP contribution in [0.1, 0.15) is 41.0 Å². The van der Waals surface area contributed by atoms with E-state index in [0.29, 0.717) is 5.56 Å². The minimum atomic E-state index is -0.473. The third-order valence-corrected chi connectivity index (χ3v) is 3.23. The average Bonchev–Trinajstić information content (AvgIpc) is 2.75. The highest BCUT2D eigenvalue weighted by Crippen LogP contribution is 2.29. The van der Waals surface area contributed by atoms with Crippen LogP contribution in [0.25, 0.3) is 0 Å². The van der Waals surface area contributed by atoms with Gasteiger partial charge in [-0.1, -0.05) is 13.0 Å². The Kier molecular flexibility index (Phi) is 3.53. The van der Waals surface area contributed by atoms with Gasteiger partial charge in [-0.25, -0.2) is 4.39 Å². The molecule has 1 aromatic heterocycles. The Morgan fingerprint density at radius 2 is 2.06 bits per heavy atom. The summed E-state index contributed by atoms with van der Waals surface area (Å²) in [5.41, 5.74) is 9.39. The predicted molar refractivity (Wildman–Crippen MR) is 70.0 cm³/mol. The molecule has 2 N–H and O–H groups in total. The molecule has 3 heteroatoms. The van der Waals surface area contributed by atoms with E-state index in [9.17, 15) is 4.39 Å². The Morgan fingerprint density at radius 1 is 1.33 bits per heavy atom. The molecule has 0 aliphatic carbocycles. The molecule has 0 saturated carbocycles. The van der Waals surface area contributed by atoms with Crippen LogP contribution >= 0.6 is 0 Å². The lowest BCUT2D eigenvalue weighted by Gasteiger charge is -2.16. The molecule has 0 spiro atoms. The predicted octanol–water partition coefficient (Wildman–Crippen LogP) is 3.65. The second kappa shape index (κ2) is 4.94. The van der Waals surface area contributed by atoms with Crippen LogP contribution in [0.2, 0.25) is 0 Å². The van der Waals surface area contributed by atoms with E-state index in [-0.39, 0.29) is 5.82 Å². The molecule has 18 heavy (non-hydrogen) atoms. The van der Waals surface area contributed by atoms with E-state index in [1.54, 1.807) is 6.26 Å². The molecule has 0 amide bonds. The van der Waals surface area contributed by atoms with Gasteiger partial charge in [0.25, 0.3) is 0 Å². The van der Waals surface area contributed by atoms with Crippen molar-refractivity contribution in [3.63, 3.8) is 0 Å². The number of halogens is 1. The van der Waals surface area contributed by atoms with Crippen LogP contribution in [0.4, 0.5) is 4.39 Å². The van der Waals surface area contributed by atoms with Crippen LogP contribution < -0.4 is 5.73 Å². The molecule has 1 aromatic carbocycles. The highest BCUT2D eigenvalue weighted by atomic mass is 19.1. The third kappa shape index (κ3) is 2.18. The first kappa shape index (κ1) is 12.8. The van der Waals surface area contributed by atoms with Crippen LogP contribution in [0.15, 0.2) is 28.9 Å². The van der Waals surface area contributed by atoms with Gasteiger partial charge in [-0.2, -0.15) is 0 Å². The van der Waals surface area contributed by atoms with Crippen molar-refractivity contribution in [2.24, 2.45) is 5.73 Å². The van der Waals surface area contributed by atoms with E-state index in [4.69, 9.17) is 10.2 Å². The molecule has 2 rings (SSSR count). The Hall–Kier alpha value is -1.61. The lowest BCUT2D eigenvalue weighted by atomic mass is 9.93. The molecule has 0 radical (unpaired) electrons. The van der Waals surface area contributed by atoms with E-state index in [1.165, 1.54) is 6.07 Å². The van der Waals surface area contributed by atoms with Crippen molar-refractivity contribution in [1.82, 2.24) is 0 Å². The molecule has 0 saturated heterocycles. The summed E-state index contributed by atoms with van der Waals surface area (Å²) in [7, 11) is 0. The lowest BCUT2D eigenvalue weighted by Crippen LogP contribution is -2.16.